The molecule has 6 heteroatoms. The molecular weight excluding hydrogens is 390 g/mol. The van der Waals surface area contributed by atoms with Crippen molar-refractivity contribution < 1.29 is 14.3 Å². The summed E-state index contributed by atoms with van der Waals surface area (Å²) in [6, 6.07) is 7.22. The van der Waals surface area contributed by atoms with Crippen molar-refractivity contribution in [3.8, 4) is 0 Å². The summed E-state index contributed by atoms with van der Waals surface area (Å²) in [5.41, 5.74) is 3.04. The molecule has 4 rings (SSSR count). The maximum Gasteiger partial charge on any atom is 0.409 e. The Balaban J connectivity index is 1.39. The van der Waals surface area contributed by atoms with Crippen LogP contribution in [0, 0.1) is 6.92 Å². The zero-order valence-electron chi connectivity index (χ0n) is 19.5. The van der Waals surface area contributed by atoms with Crippen molar-refractivity contribution in [1.82, 2.24) is 9.80 Å². The SMILES string of the molecule is CCOC(=O)N1CCCC(N2CCC(N3C(=O)C(C)(C)c4ccc(C)cc43)CC2)CC1. The highest BCUT2D eigenvalue weighted by molar-refractivity contribution is 6.08. The Morgan fingerprint density at radius 2 is 1.77 bits per heavy atom. The van der Waals surface area contributed by atoms with Crippen molar-refractivity contribution in [3.05, 3.63) is 29.3 Å². The molecule has 2 amide bonds. The van der Waals surface area contributed by atoms with E-state index in [0.29, 0.717) is 12.6 Å². The zero-order chi connectivity index (χ0) is 22.2. The third-order valence-electron chi connectivity index (χ3n) is 7.44. The molecule has 3 aliphatic heterocycles. The standard InChI is InChI=1S/C25H37N3O3/c1-5-31-24(30)27-13-6-7-19(10-16-27)26-14-11-20(12-15-26)28-22-17-18(2)8-9-21(22)25(3,4)23(28)29/h8-9,17,19-20H,5-7,10-16H2,1-4H3. The topological polar surface area (TPSA) is 53.1 Å². The molecule has 1 unspecified atom stereocenters. The molecule has 0 saturated carbocycles. The summed E-state index contributed by atoms with van der Waals surface area (Å²) in [5.74, 6) is 0.242. The molecule has 0 aromatic heterocycles. The molecule has 0 spiro atoms. The summed E-state index contributed by atoms with van der Waals surface area (Å²) in [4.78, 5) is 32.0. The fraction of sp³-hybridized carbons (Fsp3) is 0.680. The highest BCUT2D eigenvalue weighted by atomic mass is 16.6. The van der Waals surface area contributed by atoms with Crippen molar-refractivity contribution in [2.24, 2.45) is 0 Å². The Morgan fingerprint density at radius 1 is 1.06 bits per heavy atom. The first-order valence-electron chi connectivity index (χ1n) is 11.9. The third-order valence-corrected chi connectivity index (χ3v) is 7.44. The number of hydrogen-bond acceptors (Lipinski definition) is 4. The van der Waals surface area contributed by atoms with Crippen LogP contribution in [0.2, 0.25) is 0 Å². The molecule has 1 atom stereocenters. The molecule has 3 aliphatic rings. The Morgan fingerprint density at radius 3 is 2.48 bits per heavy atom. The summed E-state index contributed by atoms with van der Waals surface area (Å²) < 4.78 is 5.19. The summed E-state index contributed by atoms with van der Waals surface area (Å²) in [6.45, 7) is 12.1. The molecule has 1 aromatic rings. The van der Waals surface area contributed by atoms with E-state index < -0.39 is 5.41 Å². The molecule has 0 aliphatic carbocycles. The summed E-state index contributed by atoms with van der Waals surface area (Å²) in [6.07, 6.45) is 4.99. The van der Waals surface area contributed by atoms with Gasteiger partial charge in [-0.05, 0) is 77.0 Å². The van der Waals surface area contributed by atoms with Crippen LogP contribution in [0.25, 0.3) is 0 Å². The number of carbonyl (C=O) groups is 2. The normalized spacial score (nSPS) is 24.8. The second-order valence-corrected chi connectivity index (χ2v) is 9.86. The largest absolute Gasteiger partial charge is 0.450 e. The first-order chi connectivity index (χ1) is 14.8. The van der Waals surface area contributed by atoms with E-state index >= 15 is 0 Å². The maximum absolute atomic E-state index is 13.3. The lowest BCUT2D eigenvalue weighted by molar-refractivity contribution is -0.122. The van der Waals surface area contributed by atoms with Crippen molar-refractivity contribution in [2.75, 3.05) is 37.7 Å². The molecule has 1 aromatic carbocycles. The van der Waals surface area contributed by atoms with Gasteiger partial charge in [-0.15, -0.1) is 0 Å². The number of piperidine rings is 1. The predicted molar refractivity (Wildman–Crippen MR) is 123 cm³/mol. The molecular formula is C25H37N3O3. The number of anilines is 1. The van der Waals surface area contributed by atoms with Crippen molar-refractivity contribution in [3.63, 3.8) is 0 Å². The van der Waals surface area contributed by atoms with Crippen LogP contribution in [0.15, 0.2) is 18.2 Å². The second kappa shape index (κ2) is 8.81. The van der Waals surface area contributed by atoms with Crippen LogP contribution >= 0.6 is 0 Å². The minimum absolute atomic E-state index is 0.175. The van der Waals surface area contributed by atoms with Gasteiger partial charge >= 0.3 is 6.09 Å². The summed E-state index contributed by atoms with van der Waals surface area (Å²) >= 11 is 0. The average Bonchev–Trinajstić information content (AvgIpc) is 2.91. The molecule has 31 heavy (non-hydrogen) atoms. The van der Waals surface area contributed by atoms with Crippen molar-refractivity contribution in [1.29, 1.82) is 0 Å². The van der Waals surface area contributed by atoms with Gasteiger partial charge in [0, 0.05) is 44.0 Å². The summed E-state index contributed by atoms with van der Waals surface area (Å²) in [7, 11) is 0. The molecule has 2 fully saturated rings. The van der Waals surface area contributed by atoms with Crippen molar-refractivity contribution >= 4 is 17.7 Å². The van der Waals surface area contributed by atoms with Gasteiger partial charge in [-0.3, -0.25) is 4.79 Å². The van der Waals surface area contributed by atoms with Gasteiger partial charge in [-0.1, -0.05) is 12.1 Å². The highest BCUT2D eigenvalue weighted by Gasteiger charge is 2.47. The Hall–Kier alpha value is -2.08. The minimum Gasteiger partial charge on any atom is -0.450 e. The number of carbonyl (C=O) groups excluding carboxylic acids is 2. The number of likely N-dealkylation sites (tertiary alicyclic amines) is 2. The lowest BCUT2D eigenvalue weighted by Crippen LogP contribution is -2.51. The first-order valence-corrected chi connectivity index (χ1v) is 11.9. The van der Waals surface area contributed by atoms with Gasteiger partial charge in [0.05, 0.1) is 12.0 Å². The average molecular weight is 428 g/mol. The minimum atomic E-state index is -0.446. The second-order valence-electron chi connectivity index (χ2n) is 9.86. The number of hydrogen-bond donors (Lipinski definition) is 0. The van der Waals surface area contributed by atoms with Crippen molar-refractivity contribution in [2.45, 2.75) is 77.3 Å². The van der Waals surface area contributed by atoms with Gasteiger partial charge in [0.25, 0.3) is 0 Å². The van der Waals surface area contributed by atoms with E-state index in [1.54, 1.807) is 0 Å². The maximum atomic E-state index is 13.3. The molecule has 0 radical (unpaired) electrons. The van der Waals surface area contributed by atoms with Crippen LogP contribution in [-0.2, 0) is 14.9 Å². The van der Waals surface area contributed by atoms with Crippen LogP contribution in [0.4, 0.5) is 10.5 Å². The van der Waals surface area contributed by atoms with Gasteiger partial charge in [-0.2, -0.15) is 0 Å². The number of amides is 2. The van der Waals surface area contributed by atoms with Crippen LogP contribution in [0.3, 0.4) is 0 Å². The molecule has 0 N–H and O–H groups in total. The monoisotopic (exact) mass is 427 g/mol. The number of rotatable bonds is 3. The van der Waals surface area contributed by atoms with Gasteiger partial charge in [0.15, 0.2) is 0 Å². The van der Waals surface area contributed by atoms with E-state index in [2.05, 4.69) is 48.8 Å². The van der Waals surface area contributed by atoms with Crippen LogP contribution in [-0.4, -0.2) is 66.7 Å². The van der Waals surface area contributed by atoms with Gasteiger partial charge in [0.1, 0.15) is 0 Å². The highest BCUT2D eigenvalue weighted by Crippen LogP contribution is 2.44. The predicted octanol–water partition coefficient (Wildman–Crippen LogP) is 4.09. The van der Waals surface area contributed by atoms with Gasteiger partial charge in [0.2, 0.25) is 5.91 Å². The fourth-order valence-corrected chi connectivity index (χ4v) is 5.61. The van der Waals surface area contributed by atoms with Gasteiger partial charge < -0.3 is 19.4 Å². The van der Waals surface area contributed by atoms with E-state index in [4.69, 9.17) is 4.74 Å². The number of fused-ring (bicyclic) bond motifs is 1. The van der Waals surface area contributed by atoms with E-state index in [9.17, 15) is 9.59 Å². The van der Waals surface area contributed by atoms with Gasteiger partial charge in [-0.25, -0.2) is 4.79 Å². The Bertz CT molecular complexity index is 829. The van der Waals surface area contributed by atoms with E-state index in [-0.39, 0.29) is 18.0 Å². The molecule has 170 valence electrons. The number of aryl methyl sites for hydroxylation is 1. The Labute approximate surface area is 186 Å². The molecule has 3 heterocycles. The van der Waals surface area contributed by atoms with E-state index in [1.807, 2.05) is 11.8 Å². The van der Waals surface area contributed by atoms with E-state index in [0.717, 1.165) is 69.5 Å². The lowest BCUT2D eigenvalue weighted by atomic mass is 9.86. The summed E-state index contributed by atoms with van der Waals surface area (Å²) in [5, 5.41) is 0. The lowest BCUT2D eigenvalue weighted by Gasteiger charge is -2.40. The molecule has 2 saturated heterocycles. The zero-order valence-corrected chi connectivity index (χ0v) is 19.5. The molecule has 6 nitrogen and oxygen atoms in total. The van der Waals surface area contributed by atoms with Crippen LogP contribution in [0.1, 0.15) is 64.0 Å². The number of nitrogens with zero attached hydrogens (tertiary/aromatic N) is 3. The fourth-order valence-electron chi connectivity index (χ4n) is 5.61. The van der Waals surface area contributed by atoms with Crippen LogP contribution < -0.4 is 4.90 Å². The number of benzene rings is 1. The molecule has 0 bridgehead atoms. The smallest absolute Gasteiger partial charge is 0.409 e. The quantitative estimate of drug-likeness (QED) is 0.729. The first kappa shape index (κ1) is 22.1. The van der Waals surface area contributed by atoms with E-state index in [1.165, 1.54) is 5.56 Å². The third kappa shape index (κ3) is 4.19. The number of ether oxygens (including phenoxy) is 1. The Kier molecular flexibility index (Phi) is 6.29. The van der Waals surface area contributed by atoms with Crippen LogP contribution in [0.5, 0.6) is 0 Å².